The van der Waals surface area contributed by atoms with E-state index in [4.69, 9.17) is 9.47 Å². The van der Waals surface area contributed by atoms with E-state index in [1.54, 1.807) is 6.08 Å². The second-order valence-electron chi connectivity index (χ2n) is 4.69. The lowest BCUT2D eigenvalue weighted by molar-refractivity contribution is -0.0223. The molecule has 0 aromatic carbocycles. The molecular weight excluding hydrogens is 192 g/mol. The van der Waals surface area contributed by atoms with Crippen molar-refractivity contribution < 1.29 is 14.6 Å². The standard InChI is InChI=1S/C12H20O3/c1-2-6-14-8-10-7-12(9-13)5-3-4-11(12)15-10/h2,10-11,13H,1,3-9H2/t10-,11+,12+/m1/s1. The van der Waals surface area contributed by atoms with Crippen LogP contribution in [0.25, 0.3) is 0 Å². The van der Waals surface area contributed by atoms with Gasteiger partial charge >= 0.3 is 0 Å². The average molecular weight is 212 g/mol. The molecule has 1 aliphatic heterocycles. The summed E-state index contributed by atoms with van der Waals surface area (Å²) in [7, 11) is 0. The summed E-state index contributed by atoms with van der Waals surface area (Å²) in [6.07, 6.45) is 6.51. The molecule has 1 saturated heterocycles. The molecule has 2 rings (SSSR count). The molecule has 0 amide bonds. The maximum Gasteiger partial charge on any atom is 0.0819 e. The first-order chi connectivity index (χ1) is 7.30. The average Bonchev–Trinajstić information content (AvgIpc) is 2.74. The Labute approximate surface area is 91.1 Å². The predicted octanol–water partition coefficient (Wildman–Crippen LogP) is 1.51. The molecule has 2 aliphatic rings. The van der Waals surface area contributed by atoms with Crippen LogP contribution in [0.4, 0.5) is 0 Å². The van der Waals surface area contributed by atoms with Crippen molar-refractivity contribution in [2.75, 3.05) is 19.8 Å². The van der Waals surface area contributed by atoms with E-state index in [0.29, 0.717) is 13.2 Å². The number of ether oxygens (including phenoxy) is 2. The maximum absolute atomic E-state index is 9.48. The summed E-state index contributed by atoms with van der Waals surface area (Å²) in [5.74, 6) is 0. The van der Waals surface area contributed by atoms with Crippen LogP contribution < -0.4 is 0 Å². The number of hydrogen-bond donors (Lipinski definition) is 1. The van der Waals surface area contributed by atoms with Crippen molar-refractivity contribution in [1.82, 2.24) is 0 Å². The first-order valence-electron chi connectivity index (χ1n) is 5.76. The molecule has 86 valence electrons. The van der Waals surface area contributed by atoms with Crippen molar-refractivity contribution in [3.8, 4) is 0 Å². The van der Waals surface area contributed by atoms with Gasteiger partial charge in [-0.05, 0) is 19.3 Å². The zero-order valence-corrected chi connectivity index (χ0v) is 9.15. The molecule has 0 spiro atoms. The third-order valence-corrected chi connectivity index (χ3v) is 3.67. The van der Waals surface area contributed by atoms with Gasteiger partial charge in [-0.1, -0.05) is 12.5 Å². The lowest BCUT2D eigenvalue weighted by Gasteiger charge is -2.24. The molecule has 1 saturated carbocycles. The van der Waals surface area contributed by atoms with Crippen molar-refractivity contribution in [2.24, 2.45) is 5.41 Å². The van der Waals surface area contributed by atoms with Gasteiger partial charge in [-0.25, -0.2) is 0 Å². The van der Waals surface area contributed by atoms with Crippen LogP contribution in [0.3, 0.4) is 0 Å². The summed E-state index contributed by atoms with van der Waals surface area (Å²) in [5, 5.41) is 9.48. The molecule has 0 aromatic rings. The normalized spacial score (nSPS) is 39.3. The molecule has 0 aromatic heterocycles. The highest BCUT2D eigenvalue weighted by Gasteiger charge is 2.50. The second-order valence-corrected chi connectivity index (χ2v) is 4.69. The Morgan fingerprint density at radius 2 is 2.47 bits per heavy atom. The van der Waals surface area contributed by atoms with Crippen LogP contribution in [0.5, 0.6) is 0 Å². The smallest absolute Gasteiger partial charge is 0.0819 e. The highest BCUT2D eigenvalue weighted by atomic mass is 16.5. The fourth-order valence-electron chi connectivity index (χ4n) is 2.91. The van der Waals surface area contributed by atoms with E-state index in [1.165, 1.54) is 6.42 Å². The SMILES string of the molecule is C=CCOC[C@H]1C[C@]2(CO)CCC[C@@H]2O1. The van der Waals surface area contributed by atoms with Crippen LogP contribution in [0.15, 0.2) is 12.7 Å². The predicted molar refractivity (Wildman–Crippen MR) is 57.7 cm³/mol. The van der Waals surface area contributed by atoms with Gasteiger partial charge in [0, 0.05) is 5.41 Å². The number of hydrogen-bond acceptors (Lipinski definition) is 3. The van der Waals surface area contributed by atoms with Gasteiger partial charge in [0.15, 0.2) is 0 Å². The minimum Gasteiger partial charge on any atom is -0.396 e. The van der Waals surface area contributed by atoms with Gasteiger partial charge in [0.25, 0.3) is 0 Å². The Bertz CT molecular complexity index is 229. The van der Waals surface area contributed by atoms with Crippen LogP contribution in [0.2, 0.25) is 0 Å². The minimum atomic E-state index is 0.0439. The summed E-state index contributed by atoms with van der Waals surface area (Å²) < 4.78 is 11.3. The van der Waals surface area contributed by atoms with Crippen molar-refractivity contribution >= 4 is 0 Å². The molecule has 2 fully saturated rings. The van der Waals surface area contributed by atoms with Crippen molar-refractivity contribution in [3.05, 3.63) is 12.7 Å². The molecular formula is C12H20O3. The monoisotopic (exact) mass is 212 g/mol. The summed E-state index contributed by atoms with van der Waals surface area (Å²) in [4.78, 5) is 0. The first-order valence-corrected chi connectivity index (χ1v) is 5.76. The van der Waals surface area contributed by atoms with Gasteiger partial charge in [-0.3, -0.25) is 0 Å². The van der Waals surface area contributed by atoms with Crippen molar-refractivity contribution in [2.45, 2.75) is 37.9 Å². The van der Waals surface area contributed by atoms with Crippen LogP contribution >= 0.6 is 0 Å². The van der Waals surface area contributed by atoms with Crippen LogP contribution in [0.1, 0.15) is 25.7 Å². The topological polar surface area (TPSA) is 38.7 Å². The second kappa shape index (κ2) is 4.64. The van der Waals surface area contributed by atoms with Gasteiger partial charge in [0.1, 0.15) is 0 Å². The minimum absolute atomic E-state index is 0.0439. The molecule has 1 aliphatic carbocycles. The van der Waals surface area contributed by atoms with E-state index >= 15 is 0 Å². The third kappa shape index (κ3) is 2.10. The van der Waals surface area contributed by atoms with Gasteiger partial charge in [0.05, 0.1) is 32.0 Å². The van der Waals surface area contributed by atoms with E-state index in [2.05, 4.69) is 6.58 Å². The van der Waals surface area contributed by atoms with Gasteiger partial charge in [-0.15, -0.1) is 6.58 Å². The fourth-order valence-corrected chi connectivity index (χ4v) is 2.91. The molecule has 3 atom stereocenters. The number of rotatable bonds is 5. The van der Waals surface area contributed by atoms with E-state index < -0.39 is 0 Å². The van der Waals surface area contributed by atoms with Crippen LogP contribution in [-0.2, 0) is 9.47 Å². The van der Waals surface area contributed by atoms with Crippen molar-refractivity contribution in [1.29, 1.82) is 0 Å². The molecule has 0 unspecified atom stereocenters. The summed E-state index contributed by atoms with van der Waals surface area (Å²) in [5.41, 5.74) is 0.0439. The van der Waals surface area contributed by atoms with E-state index in [0.717, 1.165) is 19.3 Å². The quantitative estimate of drug-likeness (QED) is 0.554. The first kappa shape index (κ1) is 11.1. The Morgan fingerprint density at radius 3 is 3.13 bits per heavy atom. The van der Waals surface area contributed by atoms with E-state index in [-0.39, 0.29) is 24.2 Å². The Hall–Kier alpha value is -0.380. The Balaban J connectivity index is 1.85. The molecule has 0 bridgehead atoms. The molecule has 3 nitrogen and oxygen atoms in total. The lowest BCUT2D eigenvalue weighted by atomic mass is 9.82. The number of aliphatic hydroxyl groups is 1. The maximum atomic E-state index is 9.48. The van der Waals surface area contributed by atoms with E-state index in [1.807, 2.05) is 0 Å². The lowest BCUT2D eigenvalue weighted by Crippen LogP contribution is -2.28. The molecule has 15 heavy (non-hydrogen) atoms. The summed E-state index contributed by atoms with van der Waals surface area (Å²) in [6, 6.07) is 0. The number of aliphatic hydroxyl groups excluding tert-OH is 1. The number of fused-ring (bicyclic) bond motifs is 1. The Kier molecular flexibility index (Phi) is 3.44. The molecule has 3 heteroatoms. The zero-order chi connectivity index (χ0) is 10.7. The summed E-state index contributed by atoms with van der Waals surface area (Å²) >= 11 is 0. The van der Waals surface area contributed by atoms with Gasteiger partial charge < -0.3 is 14.6 Å². The zero-order valence-electron chi connectivity index (χ0n) is 9.15. The van der Waals surface area contributed by atoms with E-state index in [9.17, 15) is 5.11 Å². The fraction of sp³-hybridized carbons (Fsp3) is 0.833. The highest BCUT2D eigenvalue weighted by molar-refractivity contribution is 4.99. The Morgan fingerprint density at radius 1 is 1.60 bits per heavy atom. The molecule has 1 N–H and O–H groups in total. The highest BCUT2D eigenvalue weighted by Crippen LogP contribution is 2.49. The largest absolute Gasteiger partial charge is 0.396 e. The third-order valence-electron chi connectivity index (χ3n) is 3.67. The van der Waals surface area contributed by atoms with Crippen LogP contribution in [0, 0.1) is 5.41 Å². The van der Waals surface area contributed by atoms with Crippen molar-refractivity contribution in [3.63, 3.8) is 0 Å². The molecule has 0 radical (unpaired) electrons. The summed E-state index contributed by atoms with van der Waals surface area (Å²) in [6.45, 7) is 5.07. The van der Waals surface area contributed by atoms with Crippen LogP contribution in [-0.4, -0.2) is 37.1 Å². The van der Waals surface area contributed by atoms with Gasteiger partial charge in [-0.2, -0.15) is 0 Å². The molecule has 1 heterocycles. The van der Waals surface area contributed by atoms with Gasteiger partial charge in [0.2, 0.25) is 0 Å².